The van der Waals surface area contributed by atoms with E-state index in [4.69, 9.17) is 10.8 Å². The zero-order valence-electron chi connectivity index (χ0n) is 10.7. The molecule has 5 nitrogen and oxygen atoms in total. The first-order valence-electron chi connectivity index (χ1n) is 6.26. The third-order valence-corrected chi connectivity index (χ3v) is 3.35. The number of piperidine rings is 1. The fraction of sp³-hybridized carbons (Fsp3) is 0.917. The van der Waals surface area contributed by atoms with Gasteiger partial charge in [0.2, 0.25) is 0 Å². The Morgan fingerprint density at radius 1 is 1.47 bits per heavy atom. The summed E-state index contributed by atoms with van der Waals surface area (Å²) in [5, 5.41) is 18.6. The highest BCUT2D eigenvalue weighted by Crippen LogP contribution is 2.22. The van der Waals surface area contributed by atoms with Crippen molar-refractivity contribution >= 4 is 5.97 Å². The van der Waals surface area contributed by atoms with E-state index in [1.54, 1.807) is 0 Å². The zero-order valence-corrected chi connectivity index (χ0v) is 10.7. The number of aliphatic hydroxyl groups is 1. The number of nitrogens with two attached hydrogens (primary N) is 1. The van der Waals surface area contributed by atoms with E-state index in [2.05, 4.69) is 0 Å². The van der Waals surface area contributed by atoms with Crippen molar-refractivity contribution in [2.24, 2.45) is 17.6 Å². The number of carboxylic acid groups (broad SMARTS) is 1. The standard InChI is InChI=1S/C12H24N2O3/c1-8(2)11(15)4-9-3-10(13)6-14(5-9)7-12(16)17/h8-11,15H,3-7,13H2,1-2H3,(H,16,17). The van der Waals surface area contributed by atoms with E-state index in [0.717, 1.165) is 13.0 Å². The Balaban J connectivity index is 2.47. The normalized spacial score (nSPS) is 28.3. The summed E-state index contributed by atoms with van der Waals surface area (Å²) in [5.41, 5.74) is 5.93. The minimum atomic E-state index is -0.817. The molecule has 0 radical (unpaired) electrons. The summed E-state index contributed by atoms with van der Waals surface area (Å²) in [4.78, 5) is 12.5. The lowest BCUT2D eigenvalue weighted by molar-refractivity contribution is -0.138. The highest BCUT2D eigenvalue weighted by Gasteiger charge is 2.28. The molecule has 1 aliphatic rings. The van der Waals surface area contributed by atoms with Gasteiger partial charge in [0, 0.05) is 19.1 Å². The molecule has 4 N–H and O–H groups in total. The van der Waals surface area contributed by atoms with Crippen molar-refractivity contribution in [3.05, 3.63) is 0 Å². The number of carbonyl (C=O) groups is 1. The predicted molar refractivity (Wildman–Crippen MR) is 65.6 cm³/mol. The van der Waals surface area contributed by atoms with E-state index in [1.165, 1.54) is 0 Å². The van der Waals surface area contributed by atoms with Gasteiger partial charge in [-0.05, 0) is 24.7 Å². The van der Waals surface area contributed by atoms with Crippen LogP contribution in [0.2, 0.25) is 0 Å². The Hall–Kier alpha value is -0.650. The molecular formula is C12H24N2O3. The van der Waals surface area contributed by atoms with Gasteiger partial charge >= 0.3 is 5.97 Å². The monoisotopic (exact) mass is 244 g/mol. The molecule has 0 amide bonds. The lowest BCUT2D eigenvalue weighted by atomic mass is 9.87. The minimum Gasteiger partial charge on any atom is -0.480 e. The van der Waals surface area contributed by atoms with Gasteiger partial charge in [0.25, 0.3) is 0 Å². The third kappa shape index (κ3) is 5.02. The number of aliphatic carboxylic acids is 1. The Morgan fingerprint density at radius 3 is 2.65 bits per heavy atom. The van der Waals surface area contributed by atoms with Crippen LogP contribution in [0.25, 0.3) is 0 Å². The van der Waals surface area contributed by atoms with E-state index in [9.17, 15) is 9.90 Å². The number of hydrogen-bond acceptors (Lipinski definition) is 4. The van der Waals surface area contributed by atoms with Crippen LogP contribution in [0.1, 0.15) is 26.7 Å². The second-order valence-electron chi connectivity index (χ2n) is 5.50. The lowest BCUT2D eigenvalue weighted by Gasteiger charge is -2.36. The number of rotatable bonds is 5. The largest absolute Gasteiger partial charge is 0.480 e. The van der Waals surface area contributed by atoms with Gasteiger partial charge in [0.05, 0.1) is 12.6 Å². The maximum Gasteiger partial charge on any atom is 0.317 e. The van der Waals surface area contributed by atoms with Crippen LogP contribution < -0.4 is 5.73 Å². The molecule has 100 valence electrons. The molecule has 0 aliphatic carbocycles. The number of aliphatic hydroxyl groups excluding tert-OH is 1. The summed E-state index contributed by atoms with van der Waals surface area (Å²) >= 11 is 0. The Labute approximate surface area is 103 Å². The second kappa shape index (κ2) is 6.33. The summed E-state index contributed by atoms with van der Waals surface area (Å²) in [7, 11) is 0. The molecule has 1 aliphatic heterocycles. The summed E-state index contributed by atoms with van der Waals surface area (Å²) in [5.74, 6) is -0.279. The molecule has 1 rings (SSSR count). The van der Waals surface area contributed by atoms with Crippen molar-refractivity contribution in [1.29, 1.82) is 0 Å². The van der Waals surface area contributed by atoms with E-state index < -0.39 is 5.97 Å². The van der Waals surface area contributed by atoms with Gasteiger partial charge in [-0.3, -0.25) is 9.69 Å². The summed E-state index contributed by atoms with van der Waals surface area (Å²) in [6.45, 7) is 5.39. The van der Waals surface area contributed by atoms with Crippen LogP contribution in [-0.2, 0) is 4.79 Å². The molecule has 0 saturated carbocycles. The Morgan fingerprint density at radius 2 is 2.12 bits per heavy atom. The van der Waals surface area contributed by atoms with Crippen molar-refractivity contribution in [2.45, 2.75) is 38.8 Å². The van der Waals surface area contributed by atoms with Gasteiger partial charge in [-0.25, -0.2) is 0 Å². The zero-order chi connectivity index (χ0) is 13.0. The van der Waals surface area contributed by atoms with Crippen molar-refractivity contribution in [1.82, 2.24) is 4.90 Å². The van der Waals surface area contributed by atoms with Crippen LogP contribution in [0.3, 0.4) is 0 Å². The molecular weight excluding hydrogens is 220 g/mol. The maximum atomic E-state index is 10.7. The number of nitrogens with zero attached hydrogens (tertiary/aromatic N) is 1. The van der Waals surface area contributed by atoms with Crippen molar-refractivity contribution in [2.75, 3.05) is 19.6 Å². The number of hydrogen-bond donors (Lipinski definition) is 3. The highest BCUT2D eigenvalue weighted by atomic mass is 16.4. The third-order valence-electron chi connectivity index (χ3n) is 3.35. The first-order chi connectivity index (χ1) is 7.88. The van der Waals surface area contributed by atoms with Crippen LogP contribution in [0, 0.1) is 11.8 Å². The minimum absolute atomic E-state index is 0.0208. The van der Waals surface area contributed by atoms with E-state index in [0.29, 0.717) is 18.9 Å². The molecule has 0 aromatic heterocycles. The summed E-state index contributed by atoms with van der Waals surface area (Å²) < 4.78 is 0. The fourth-order valence-corrected chi connectivity index (χ4v) is 2.45. The second-order valence-corrected chi connectivity index (χ2v) is 5.50. The molecule has 3 atom stereocenters. The fourth-order valence-electron chi connectivity index (χ4n) is 2.45. The van der Waals surface area contributed by atoms with Crippen LogP contribution in [0.5, 0.6) is 0 Å². The quantitative estimate of drug-likeness (QED) is 0.640. The van der Waals surface area contributed by atoms with Gasteiger partial charge in [-0.2, -0.15) is 0 Å². The maximum absolute atomic E-state index is 10.7. The van der Waals surface area contributed by atoms with Crippen LogP contribution in [0.15, 0.2) is 0 Å². The molecule has 1 saturated heterocycles. The van der Waals surface area contributed by atoms with E-state index in [-0.39, 0.29) is 24.6 Å². The molecule has 0 bridgehead atoms. The SMILES string of the molecule is CC(C)C(O)CC1CC(N)CN(CC(=O)O)C1. The Kier molecular flexibility index (Phi) is 5.36. The average molecular weight is 244 g/mol. The molecule has 3 unspecified atom stereocenters. The van der Waals surface area contributed by atoms with E-state index >= 15 is 0 Å². The van der Waals surface area contributed by atoms with Gasteiger partial charge in [-0.1, -0.05) is 13.8 Å². The predicted octanol–water partition coefficient (Wildman–Crippen LogP) is 0.127. The van der Waals surface area contributed by atoms with Crippen LogP contribution in [0.4, 0.5) is 0 Å². The highest BCUT2D eigenvalue weighted by molar-refractivity contribution is 5.69. The first kappa shape index (κ1) is 14.4. The van der Waals surface area contributed by atoms with Gasteiger partial charge in [0.15, 0.2) is 0 Å². The molecule has 1 fully saturated rings. The Bertz CT molecular complexity index is 258. The van der Waals surface area contributed by atoms with Crippen molar-refractivity contribution in [3.63, 3.8) is 0 Å². The number of carboxylic acids is 1. The van der Waals surface area contributed by atoms with Gasteiger partial charge < -0.3 is 15.9 Å². The van der Waals surface area contributed by atoms with Crippen molar-refractivity contribution in [3.8, 4) is 0 Å². The molecule has 0 spiro atoms. The first-order valence-corrected chi connectivity index (χ1v) is 6.26. The summed E-state index contributed by atoms with van der Waals surface area (Å²) in [6, 6.07) is 0.0208. The molecule has 0 aromatic rings. The van der Waals surface area contributed by atoms with Gasteiger partial charge in [-0.15, -0.1) is 0 Å². The molecule has 0 aromatic carbocycles. The molecule has 1 heterocycles. The van der Waals surface area contributed by atoms with Crippen LogP contribution in [-0.4, -0.2) is 52.9 Å². The smallest absolute Gasteiger partial charge is 0.317 e. The molecule has 5 heteroatoms. The number of likely N-dealkylation sites (tertiary alicyclic amines) is 1. The van der Waals surface area contributed by atoms with Crippen LogP contribution >= 0.6 is 0 Å². The van der Waals surface area contributed by atoms with Gasteiger partial charge in [0.1, 0.15) is 0 Å². The topological polar surface area (TPSA) is 86.8 Å². The lowest BCUT2D eigenvalue weighted by Crippen LogP contribution is -2.49. The molecule has 17 heavy (non-hydrogen) atoms. The average Bonchev–Trinajstić information content (AvgIpc) is 2.14. The summed E-state index contributed by atoms with van der Waals surface area (Å²) in [6.07, 6.45) is 1.26. The van der Waals surface area contributed by atoms with E-state index in [1.807, 2.05) is 18.7 Å². The van der Waals surface area contributed by atoms with Crippen molar-refractivity contribution < 1.29 is 15.0 Å².